The molecule has 4 aromatic rings. The average molecular weight is 653 g/mol. The number of guanidine groups is 4. The van der Waals surface area contributed by atoms with Gasteiger partial charge in [-0.15, -0.1) is 0 Å². The van der Waals surface area contributed by atoms with Crippen molar-refractivity contribution in [3.05, 3.63) is 93.0 Å². The summed E-state index contributed by atoms with van der Waals surface area (Å²) in [6.07, 6.45) is -0.127. The van der Waals surface area contributed by atoms with Crippen LogP contribution in [0.3, 0.4) is 0 Å². The van der Waals surface area contributed by atoms with Gasteiger partial charge in [-0.1, -0.05) is 0 Å². The molecule has 0 radical (unpaired) electrons. The number of rotatable bonds is 4. The van der Waals surface area contributed by atoms with Crippen LogP contribution < -0.4 is 45.9 Å². The Hall–Kier alpha value is -6.84. The summed E-state index contributed by atoms with van der Waals surface area (Å²) < 4.78 is 0. The Labute approximate surface area is 274 Å². The van der Waals surface area contributed by atoms with Gasteiger partial charge < -0.3 is 66.3 Å². The van der Waals surface area contributed by atoms with Gasteiger partial charge in [0.1, 0.15) is 23.0 Å². The smallest absolute Gasteiger partial charge is 0.191 e. The Kier molecular flexibility index (Phi) is 8.73. The fraction of sp³-hybridized carbons (Fsp3) is 0.125. The third-order valence-corrected chi connectivity index (χ3v) is 7.57. The van der Waals surface area contributed by atoms with E-state index in [0.717, 1.165) is 0 Å². The fourth-order valence-electron chi connectivity index (χ4n) is 5.72. The van der Waals surface area contributed by atoms with Crippen LogP contribution in [0.15, 0.2) is 68.5 Å². The van der Waals surface area contributed by atoms with Crippen molar-refractivity contribution in [1.29, 1.82) is 0 Å². The molecule has 0 aromatic heterocycles. The third-order valence-electron chi connectivity index (χ3n) is 7.57. The predicted molar refractivity (Wildman–Crippen MR) is 186 cm³/mol. The van der Waals surface area contributed by atoms with Gasteiger partial charge in [-0.3, -0.25) is 0 Å². The maximum Gasteiger partial charge on any atom is 0.191 e. The normalized spacial score (nSPS) is 12.0. The zero-order chi connectivity index (χ0) is 34.9. The quantitative estimate of drug-likeness (QED) is 0.0947. The van der Waals surface area contributed by atoms with E-state index in [1.54, 1.807) is 48.5 Å². The van der Waals surface area contributed by atoms with Gasteiger partial charge in [-0.25, -0.2) is 20.0 Å². The van der Waals surface area contributed by atoms with E-state index in [1.807, 2.05) is 0 Å². The highest BCUT2D eigenvalue weighted by Crippen LogP contribution is 2.42. The van der Waals surface area contributed by atoms with E-state index in [1.165, 1.54) is 0 Å². The maximum atomic E-state index is 11.6. The van der Waals surface area contributed by atoms with Gasteiger partial charge in [-0.2, -0.15) is 0 Å². The third kappa shape index (κ3) is 7.17. The average Bonchev–Trinajstić information content (AvgIpc) is 2.96. The minimum Gasteiger partial charge on any atom is -0.507 e. The van der Waals surface area contributed by atoms with E-state index in [0.29, 0.717) is 67.3 Å². The minimum absolute atomic E-state index is 0.0319. The van der Waals surface area contributed by atoms with Crippen LogP contribution in [0.2, 0.25) is 0 Å². The van der Waals surface area contributed by atoms with E-state index < -0.39 is 0 Å². The topological polar surface area (TPSA) is 339 Å². The number of hydrogen-bond acceptors (Lipinski definition) is 8. The highest BCUT2D eigenvalue weighted by atomic mass is 16.3. The molecule has 248 valence electrons. The van der Waals surface area contributed by atoms with Crippen LogP contribution >= 0.6 is 0 Å². The standard InChI is InChI=1S/C32H36N12O4/c33-29(34)41-21-5-13-1-14-6-22(42-30(35)36)8-16(26(14)46)3-18-10-24(44-32(39)40)12-20(28(18)48)4-19-11-23(43-31(37)38)9-17(27(19)47)2-15(7-21)25(13)45/h5-12,45-48H,1-4H2,(H4,33,34,41)(H4,35,36,42)(H4,37,38,43)(H4,39,40,44). The monoisotopic (exact) mass is 652 g/mol. The molecule has 0 unspecified atom stereocenters. The molecule has 16 heteroatoms. The lowest BCUT2D eigenvalue weighted by Crippen LogP contribution is -2.21. The molecule has 48 heavy (non-hydrogen) atoms. The Bertz CT molecular complexity index is 1670. The van der Waals surface area contributed by atoms with Crippen molar-refractivity contribution < 1.29 is 20.4 Å². The summed E-state index contributed by atoms with van der Waals surface area (Å²) >= 11 is 0. The summed E-state index contributed by atoms with van der Waals surface area (Å²) in [5, 5.41) is 46.2. The largest absolute Gasteiger partial charge is 0.507 e. The lowest BCUT2D eigenvalue weighted by molar-refractivity contribution is 0.450. The molecule has 0 atom stereocenters. The number of aliphatic imine (C=N–C) groups is 4. The summed E-state index contributed by atoms with van der Waals surface area (Å²) in [7, 11) is 0. The first-order chi connectivity index (χ1) is 22.7. The number of fused-ring (bicyclic) bond motifs is 8. The molecule has 0 amide bonds. The first kappa shape index (κ1) is 32.6. The first-order valence-corrected chi connectivity index (χ1v) is 14.4. The highest BCUT2D eigenvalue weighted by Gasteiger charge is 2.22. The van der Waals surface area contributed by atoms with E-state index >= 15 is 0 Å². The molecule has 0 heterocycles. The van der Waals surface area contributed by atoms with Crippen LogP contribution in [0.5, 0.6) is 23.0 Å². The van der Waals surface area contributed by atoms with Crippen molar-refractivity contribution in [3.63, 3.8) is 0 Å². The SMILES string of the molecule is NC(N)=Nc1cc2c(O)c(c1)Cc1cc(N=C(N)N)cc(c1O)Cc1cc(N=C(N)N)cc(c1O)Cc1cc(N=C(N)N)cc(c1O)C2. The van der Waals surface area contributed by atoms with E-state index in [9.17, 15) is 20.4 Å². The van der Waals surface area contributed by atoms with Gasteiger partial charge in [-0.05, 0) is 48.5 Å². The van der Waals surface area contributed by atoms with Crippen molar-refractivity contribution in [2.24, 2.45) is 65.8 Å². The number of benzene rings is 4. The summed E-state index contributed by atoms with van der Waals surface area (Å²) in [5.41, 5.74) is 49.5. The molecule has 5 rings (SSSR count). The molecule has 0 aliphatic heterocycles. The summed E-state index contributed by atoms with van der Waals surface area (Å²) in [6.45, 7) is 0. The first-order valence-electron chi connectivity index (χ1n) is 14.4. The highest BCUT2D eigenvalue weighted by molar-refractivity contribution is 5.81. The van der Waals surface area contributed by atoms with E-state index in [4.69, 9.17) is 45.9 Å². The Morgan fingerprint density at radius 3 is 0.604 bits per heavy atom. The van der Waals surface area contributed by atoms with Crippen LogP contribution in [0.1, 0.15) is 44.5 Å². The van der Waals surface area contributed by atoms with Gasteiger partial charge in [0, 0.05) is 70.2 Å². The molecule has 0 saturated heterocycles. The number of phenols is 4. The molecule has 0 spiro atoms. The van der Waals surface area contributed by atoms with Crippen LogP contribution in [0, 0.1) is 0 Å². The Morgan fingerprint density at radius 2 is 0.479 bits per heavy atom. The molecule has 20 N–H and O–H groups in total. The molecule has 1 aliphatic carbocycles. The molecule has 4 aromatic carbocycles. The number of nitrogens with two attached hydrogens (primary N) is 8. The van der Waals surface area contributed by atoms with Gasteiger partial charge in [0.2, 0.25) is 0 Å². The van der Waals surface area contributed by atoms with Crippen LogP contribution in [0.4, 0.5) is 22.7 Å². The number of hydrogen-bond donors (Lipinski definition) is 12. The van der Waals surface area contributed by atoms with Gasteiger partial charge >= 0.3 is 0 Å². The molecule has 8 bridgehead atoms. The lowest BCUT2D eigenvalue weighted by atomic mass is 9.90. The molecular formula is C32H36N12O4. The fourth-order valence-corrected chi connectivity index (χ4v) is 5.72. The van der Waals surface area contributed by atoms with E-state index in [2.05, 4.69) is 20.0 Å². The second-order valence-electron chi connectivity index (χ2n) is 11.3. The van der Waals surface area contributed by atoms with Crippen molar-refractivity contribution in [3.8, 4) is 23.0 Å². The predicted octanol–water partition coefficient (Wildman–Crippen LogP) is 0.805. The second kappa shape index (κ2) is 12.9. The Balaban J connectivity index is 1.86. The molecule has 1 aliphatic rings. The van der Waals surface area contributed by atoms with Crippen molar-refractivity contribution >= 4 is 46.6 Å². The van der Waals surface area contributed by atoms with Gasteiger partial charge in [0.05, 0.1) is 22.7 Å². The molecular weight excluding hydrogens is 616 g/mol. The molecule has 0 saturated carbocycles. The molecule has 0 fully saturated rings. The van der Waals surface area contributed by atoms with Crippen molar-refractivity contribution in [2.45, 2.75) is 25.7 Å². The zero-order valence-electron chi connectivity index (χ0n) is 25.6. The van der Waals surface area contributed by atoms with Gasteiger partial charge in [0.25, 0.3) is 0 Å². The van der Waals surface area contributed by atoms with Crippen LogP contribution in [-0.4, -0.2) is 44.3 Å². The maximum absolute atomic E-state index is 11.6. The van der Waals surface area contributed by atoms with Crippen LogP contribution in [-0.2, 0) is 25.7 Å². The number of aromatic hydroxyl groups is 4. The van der Waals surface area contributed by atoms with E-state index in [-0.39, 0.29) is 72.5 Å². The summed E-state index contributed by atoms with van der Waals surface area (Å²) in [6, 6.07) is 12.5. The van der Waals surface area contributed by atoms with Crippen LogP contribution in [0.25, 0.3) is 0 Å². The van der Waals surface area contributed by atoms with Crippen molar-refractivity contribution in [1.82, 2.24) is 0 Å². The molecule has 16 nitrogen and oxygen atoms in total. The minimum atomic E-state index is -0.222. The number of phenolic OH excluding ortho intramolecular Hbond substituents is 4. The summed E-state index contributed by atoms with van der Waals surface area (Å²) in [5.74, 6) is -1.43. The van der Waals surface area contributed by atoms with Gasteiger partial charge in [0.15, 0.2) is 23.8 Å². The summed E-state index contributed by atoms with van der Waals surface area (Å²) in [4.78, 5) is 16.7. The van der Waals surface area contributed by atoms with Crippen molar-refractivity contribution in [2.75, 3.05) is 0 Å². The Morgan fingerprint density at radius 1 is 0.333 bits per heavy atom. The zero-order valence-corrected chi connectivity index (χ0v) is 25.6. The lowest BCUT2D eigenvalue weighted by Gasteiger charge is -2.19. The second-order valence-corrected chi connectivity index (χ2v) is 11.3. The number of nitrogens with zero attached hydrogens (tertiary/aromatic N) is 4.